The quantitative estimate of drug-likeness (QED) is 0.107. The molecule has 5 saturated carbocycles. The van der Waals surface area contributed by atoms with Crippen molar-refractivity contribution in [1.29, 1.82) is 0 Å². The summed E-state index contributed by atoms with van der Waals surface area (Å²) in [6.45, 7) is 17.6. The zero-order valence-electron chi connectivity index (χ0n) is 42.2. The number of carboxylic acid groups (broad SMARTS) is 1. The third-order valence-corrected chi connectivity index (χ3v) is 20.2. The highest BCUT2D eigenvalue weighted by atomic mass is 16.7. The molecule has 0 radical (unpaired) electrons. The average Bonchev–Trinajstić information content (AvgIpc) is 3.26. The van der Waals surface area contributed by atoms with E-state index < -0.39 is 145 Å². The Kier molecular flexibility index (Phi) is 14.8. The molecule has 19 heteroatoms. The Morgan fingerprint density at radius 1 is 0.729 bits per heavy atom. The molecular weight excluding hydrogens is 917 g/mol. The zero-order valence-corrected chi connectivity index (χ0v) is 42.2. The smallest absolute Gasteiger partial charge is 0.309 e. The number of allylic oxidation sites excluding steroid dienone is 2. The lowest BCUT2D eigenvalue weighted by Crippen LogP contribution is -2.70. The second kappa shape index (κ2) is 19.0. The Labute approximate surface area is 410 Å². The molecule has 25 atom stereocenters. The lowest BCUT2D eigenvalue weighted by atomic mass is 9.33. The van der Waals surface area contributed by atoms with Crippen LogP contribution in [-0.2, 0) is 38.0 Å². The number of carbonyl (C=O) groups excluding carboxylic acids is 1. The predicted molar refractivity (Wildman–Crippen MR) is 245 cm³/mol. The van der Waals surface area contributed by atoms with Gasteiger partial charge in [0.2, 0.25) is 0 Å². The van der Waals surface area contributed by atoms with Gasteiger partial charge in [-0.2, -0.15) is 0 Å². The summed E-state index contributed by atoms with van der Waals surface area (Å²) in [5.41, 5.74) is -1.88. The van der Waals surface area contributed by atoms with E-state index in [-0.39, 0.29) is 47.0 Å². The van der Waals surface area contributed by atoms with Gasteiger partial charge in [-0.05, 0) is 110 Å². The number of aliphatic carboxylic acids is 1. The van der Waals surface area contributed by atoms with Gasteiger partial charge in [0, 0.05) is 6.92 Å². The first-order valence-electron chi connectivity index (χ1n) is 25.6. The number of hydrogen-bond acceptors (Lipinski definition) is 18. The first-order valence-corrected chi connectivity index (χ1v) is 25.6. The van der Waals surface area contributed by atoms with Crippen molar-refractivity contribution in [1.82, 2.24) is 0 Å². The molecular formula is C51H82O19. The summed E-state index contributed by atoms with van der Waals surface area (Å²) < 4.78 is 36.9. The molecule has 2 aliphatic heterocycles. The van der Waals surface area contributed by atoms with Gasteiger partial charge in [0.1, 0.15) is 61.0 Å². The van der Waals surface area contributed by atoms with E-state index in [9.17, 15) is 65.8 Å². The molecule has 8 rings (SSSR count). The molecule has 8 aliphatic rings. The predicted octanol–water partition coefficient (Wildman–Crippen LogP) is 0.910. The van der Waals surface area contributed by atoms with Crippen molar-refractivity contribution >= 4 is 11.9 Å². The first-order chi connectivity index (χ1) is 32.5. The lowest BCUT2D eigenvalue weighted by Gasteiger charge is -2.72. The van der Waals surface area contributed by atoms with Gasteiger partial charge in [-0.3, -0.25) is 9.59 Å². The number of carbonyl (C=O) groups is 2. The van der Waals surface area contributed by atoms with Gasteiger partial charge in [-0.1, -0.05) is 60.1 Å². The number of aliphatic hydroxyl groups excluding tert-OH is 10. The van der Waals surface area contributed by atoms with Crippen molar-refractivity contribution in [3.63, 3.8) is 0 Å². The molecule has 2 saturated heterocycles. The van der Waals surface area contributed by atoms with E-state index in [1.54, 1.807) is 6.92 Å². The van der Waals surface area contributed by atoms with Crippen molar-refractivity contribution in [3.8, 4) is 0 Å². The van der Waals surface area contributed by atoms with E-state index >= 15 is 0 Å². The number of esters is 1. The first kappa shape index (κ1) is 54.3. The number of fused-ring (bicyclic) bond motifs is 7. The van der Waals surface area contributed by atoms with Crippen LogP contribution in [0, 0.1) is 56.2 Å². The van der Waals surface area contributed by atoms with Crippen LogP contribution in [0.1, 0.15) is 120 Å². The number of aliphatic hydroxyl groups is 10. The molecule has 0 bridgehead atoms. The summed E-state index contributed by atoms with van der Waals surface area (Å²) in [4.78, 5) is 25.8. The second-order valence-electron chi connectivity index (χ2n) is 24.8. The van der Waals surface area contributed by atoms with Crippen LogP contribution in [0.15, 0.2) is 11.6 Å². The maximum absolute atomic E-state index is 13.2. The summed E-state index contributed by atoms with van der Waals surface area (Å²) in [5, 5.41) is 119. The van der Waals surface area contributed by atoms with E-state index in [1.165, 1.54) is 12.5 Å². The Morgan fingerprint density at radius 2 is 1.39 bits per heavy atom. The van der Waals surface area contributed by atoms with Crippen LogP contribution in [0.25, 0.3) is 0 Å². The number of ether oxygens (including phenoxy) is 6. The SMILES string of the molecule is CC(=O)OC1CC2(C)C(=CCC3C4(C)CCC(OC5CC(C(=O)O)C(O)C(OC6OC(CO)C(O)C(O)C6O)C5O)C(C)(C)C4CCC32C)C2CC(C)(C)CC(O)C12COC1OC(C)C(O)C(O)C1O. The summed E-state index contributed by atoms with van der Waals surface area (Å²) >= 11 is 0. The fourth-order valence-corrected chi connectivity index (χ4v) is 16.1. The van der Waals surface area contributed by atoms with E-state index in [0.717, 1.165) is 25.7 Å². The Morgan fingerprint density at radius 3 is 2.03 bits per heavy atom. The monoisotopic (exact) mass is 999 g/mol. The van der Waals surface area contributed by atoms with Crippen LogP contribution in [0.4, 0.5) is 0 Å². The summed E-state index contributed by atoms with van der Waals surface area (Å²) in [7, 11) is 0. The van der Waals surface area contributed by atoms with Crippen molar-refractivity contribution in [2.45, 2.75) is 224 Å². The third-order valence-electron chi connectivity index (χ3n) is 20.2. The third kappa shape index (κ3) is 8.54. The van der Waals surface area contributed by atoms with E-state index in [2.05, 4.69) is 54.5 Å². The molecule has 0 spiro atoms. The van der Waals surface area contributed by atoms with Gasteiger partial charge in [-0.25, -0.2) is 0 Å². The largest absolute Gasteiger partial charge is 0.481 e. The molecule has 400 valence electrons. The zero-order chi connectivity index (χ0) is 51.6. The van der Waals surface area contributed by atoms with Crippen molar-refractivity contribution in [3.05, 3.63) is 11.6 Å². The maximum atomic E-state index is 13.2. The van der Waals surface area contributed by atoms with Crippen LogP contribution in [0.3, 0.4) is 0 Å². The minimum atomic E-state index is -1.85. The van der Waals surface area contributed by atoms with Crippen LogP contribution in [0.5, 0.6) is 0 Å². The molecule has 7 fully saturated rings. The fraction of sp³-hybridized carbons (Fsp3) is 0.922. The summed E-state index contributed by atoms with van der Waals surface area (Å²) in [6, 6.07) is 0. The minimum Gasteiger partial charge on any atom is -0.481 e. The average molecular weight is 999 g/mol. The highest BCUT2D eigenvalue weighted by molar-refractivity contribution is 5.71. The van der Waals surface area contributed by atoms with Gasteiger partial charge in [0.15, 0.2) is 12.6 Å². The normalized spacial score (nSPS) is 53.0. The van der Waals surface area contributed by atoms with Gasteiger partial charge in [-0.15, -0.1) is 0 Å². The summed E-state index contributed by atoms with van der Waals surface area (Å²) in [5.74, 6) is -3.37. The van der Waals surface area contributed by atoms with Crippen LogP contribution >= 0.6 is 0 Å². The Bertz CT molecular complexity index is 1960. The van der Waals surface area contributed by atoms with Gasteiger partial charge in [0.25, 0.3) is 0 Å². The molecule has 0 aromatic heterocycles. The van der Waals surface area contributed by atoms with Gasteiger partial charge >= 0.3 is 11.9 Å². The van der Waals surface area contributed by atoms with Crippen molar-refractivity contribution < 1.29 is 94.2 Å². The van der Waals surface area contributed by atoms with Crippen LogP contribution in [-0.4, -0.2) is 185 Å². The van der Waals surface area contributed by atoms with E-state index in [4.69, 9.17) is 28.4 Å². The van der Waals surface area contributed by atoms with Gasteiger partial charge in [0.05, 0.1) is 55.1 Å². The Hall–Kier alpha value is -1.92. The van der Waals surface area contributed by atoms with E-state index in [0.29, 0.717) is 25.7 Å². The topological polar surface area (TPSA) is 312 Å². The van der Waals surface area contributed by atoms with Crippen LogP contribution < -0.4 is 0 Å². The maximum Gasteiger partial charge on any atom is 0.309 e. The Balaban J connectivity index is 1.07. The highest BCUT2D eigenvalue weighted by Crippen LogP contribution is 2.76. The number of rotatable bonds is 10. The fourth-order valence-electron chi connectivity index (χ4n) is 16.1. The molecule has 70 heavy (non-hydrogen) atoms. The van der Waals surface area contributed by atoms with Crippen molar-refractivity contribution in [2.24, 2.45) is 56.2 Å². The molecule has 6 aliphatic carbocycles. The molecule has 0 aromatic rings. The van der Waals surface area contributed by atoms with Crippen molar-refractivity contribution in [2.75, 3.05) is 13.2 Å². The highest BCUT2D eigenvalue weighted by Gasteiger charge is 2.72. The minimum absolute atomic E-state index is 0.0899. The summed E-state index contributed by atoms with van der Waals surface area (Å²) in [6.07, 6.45) is -16.2. The molecule has 0 aromatic carbocycles. The second-order valence-corrected chi connectivity index (χ2v) is 24.8. The molecule has 25 unspecified atom stereocenters. The molecule has 11 N–H and O–H groups in total. The molecule has 0 amide bonds. The standard InChI is InChI=1S/C51H82O19/c1-22-34(55)38(59)40(61)44(66-22)65-21-51-26(17-46(3,4)18-31(51)54)25-10-11-30-48(7)14-13-32(47(5,6)29(48)12-15-49(30,8)50(25,9)19-33(51)67-23(2)53)68-27-16-24(43(63)64)35(56)42(37(27)58)70-45-41(62)39(60)36(57)28(20-52)69-45/h10,22,24,26-42,44-45,52,54-62H,11-21H2,1-9H3,(H,63,64). The van der Waals surface area contributed by atoms with Crippen LogP contribution in [0.2, 0.25) is 0 Å². The number of carboxylic acids is 1. The van der Waals surface area contributed by atoms with Gasteiger partial charge < -0.3 is 84.6 Å². The lowest BCUT2D eigenvalue weighted by molar-refractivity contribution is -0.335. The molecule has 19 nitrogen and oxygen atoms in total. The molecule has 2 heterocycles. The van der Waals surface area contributed by atoms with E-state index in [1.807, 2.05) is 0 Å². The number of hydrogen-bond donors (Lipinski definition) is 11.